The Labute approximate surface area is 90.4 Å². The lowest BCUT2D eigenvalue weighted by atomic mass is 10.3. The second kappa shape index (κ2) is 3.88. The predicted octanol–water partition coefficient (Wildman–Crippen LogP) is -0.173. The number of carbonyl (C=O) groups excluding carboxylic acids is 1. The Kier molecular flexibility index (Phi) is 3.21. The van der Waals surface area contributed by atoms with Gasteiger partial charge in [0.05, 0.1) is 0 Å². The number of halogens is 3. The van der Waals surface area contributed by atoms with Gasteiger partial charge in [-0.25, -0.2) is 13.6 Å². The van der Waals surface area contributed by atoms with Crippen LogP contribution in [0.4, 0.5) is 13.2 Å². The fourth-order valence-electron chi connectivity index (χ4n) is 1.47. The zero-order valence-electron chi connectivity index (χ0n) is 8.36. The summed E-state index contributed by atoms with van der Waals surface area (Å²) in [5, 5.41) is 3.54. The molecule has 0 aromatic heterocycles. The Morgan fingerprint density at radius 2 is 2.00 bits per heavy atom. The summed E-state index contributed by atoms with van der Waals surface area (Å²) in [5.41, 5.74) is 0. The highest BCUT2D eigenvalue weighted by Crippen LogP contribution is 2.29. The minimum absolute atomic E-state index is 0.487. The van der Waals surface area contributed by atoms with E-state index in [2.05, 4.69) is 0 Å². The van der Waals surface area contributed by atoms with Gasteiger partial charge >= 0.3 is 6.18 Å². The molecule has 0 aliphatic carbocycles. The number of rotatable bonds is 2. The van der Waals surface area contributed by atoms with Gasteiger partial charge in [-0.2, -0.15) is 13.2 Å². The molecule has 2 N–H and O–H groups in total. The van der Waals surface area contributed by atoms with E-state index in [-0.39, 0.29) is 0 Å². The Morgan fingerprint density at radius 3 is 2.31 bits per heavy atom. The Morgan fingerprint density at radius 1 is 1.50 bits per heavy atom. The van der Waals surface area contributed by atoms with Crippen LogP contribution in [-0.4, -0.2) is 43.2 Å². The van der Waals surface area contributed by atoms with Gasteiger partial charge in [-0.3, -0.25) is 4.79 Å². The number of carbonyl (C=O) groups is 1. The van der Waals surface area contributed by atoms with Gasteiger partial charge in [-0.15, -0.1) is 0 Å². The highest BCUT2D eigenvalue weighted by molar-refractivity contribution is 7.89. The topological polar surface area (TPSA) is 80.5 Å². The zero-order valence-corrected chi connectivity index (χ0v) is 9.18. The van der Waals surface area contributed by atoms with Gasteiger partial charge in [-0.05, 0) is 6.92 Å². The smallest absolute Gasteiger partial charge is 0.329 e. The number of amides is 1. The van der Waals surface area contributed by atoms with Crippen LogP contribution in [0.1, 0.15) is 13.3 Å². The average Bonchev–Trinajstić information content (AvgIpc) is 2.43. The molecule has 5 nitrogen and oxygen atoms in total. The Hall–Kier alpha value is -0.830. The van der Waals surface area contributed by atoms with Gasteiger partial charge in [0.2, 0.25) is 15.9 Å². The fraction of sp³-hybridized carbons (Fsp3) is 0.857. The summed E-state index contributed by atoms with van der Waals surface area (Å²) >= 11 is 0. The highest BCUT2D eigenvalue weighted by atomic mass is 32.2. The molecule has 0 radical (unpaired) electrons. The van der Waals surface area contributed by atoms with Crippen LogP contribution in [0, 0.1) is 0 Å². The Bertz CT molecular complexity index is 392. The molecule has 1 rings (SSSR count). The first kappa shape index (κ1) is 13.2. The normalized spacial score (nSPS) is 24.9. The summed E-state index contributed by atoms with van der Waals surface area (Å²) in [6.07, 6.45) is -5.05. The number of nitrogens with zero attached hydrogens (tertiary/aromatic N) is 1. The molecule has 0 aromatic carbocycles. The number of hydrogen-bond donors (Lipinski definition) is 1. The summed E-state index contributed by atoms with van der Waals surface area (Å²) in [6.45, 7) is 0.307. The third-order valence-electron chi connectivity index (χ3n) is 2.53. The molecular formula is C7H11F3N2O3S. The second-order valence-electron chi connectivity index (χ2n) is 3.68. The zero-order chi connectivity index (χ0) is 12.7. The number of sulfonamides is 1. The van der Waals surface area contributed by atoms with Crippen molar-refractivity contribution in [1.29, 1.82) is 0 Å². The van der Waals surface area contributed by atoms with Crippen LogP contribution < -0.4 is 5.14 Å². The molecule has 1 fully saturated rings. The van der Waals surface area contributed by atoms with Crippen molar-refractivity contribution >= 4 is 15.9 Å². The van der Waals surface area contributed by atoms with Crippen LogP contribution in [0.5, 0.6) is 0 Å². The molecular weight excluding hydrogens is 249 g/mol. The molecule has 0 bridgehead atoms. The molecule has 0 spiro atoms. The number of primary sulfonamides is 1. The van der Waals surface area contributed by atoms with E-state index in [1.54, 1.807) is 0 Å². The third kappa shape index (κ3) is 2.64. The second-order valence-corrected chi connectivity index (χ2v) is 5.52. The summed E-state index contributed by atoms with van der Waals surface area (Å²) in [4.78, 5) is 11.7. The van der Waals surface area contributed by atoms with Crippen molar-refractivity contribution in [1.82, 2.24) is 4.90 Å². The first-order valence-corrected chi connectivity index (χ1v) is 6.02. The van der Waals surface area contributed by atoms with E-state index in [0.29, 0.717) is 4.90 Å². The van der Waals surface area contributed by atoms with E-state index in [1.807, 2.05) is 0 Å². The molecule has 0 aromatic rings. The van der Waals surface area contributed by atoms with Gasteiger partial charge in [0.1, 0.15) is 11.3 Å². The van der Waals surface area contributed by atoms with Crippen LogP contribution >= 0.6 is 0 Å². The fourth-order valence-corrected chi connectivity index (χ4v) is 2.21. The molecule has 2 atom stereocenters. The van der Waals surface area contributed by atoms with Crippen molar-refractivity contribution in [3.8, 4) is 0 Å². The van der Waals surface area contributed by atoms with Gasteiger partial charge in [0.25, 0.3) is 0 Å². The molecule has 1 aliphatic rings. The van der Waals surface area contributed by atoms with Gasteiger partial charge < -0.3 is 4.90 Å². The summed E-state index contributed by atoms with van der Waals surface area (Å²) in [6, 6.07) is -1.99. The van der Waals surface area contributed by atoms with Crippen LogP contribution in [0.2, 0.25) is 0 Å². The quantitative estimate of drug-likeness (QED) is 0.748. The monoisotopic (exact) mass is 260 g/mol. The van der Waals surface area contributed by atoms with E-state index in [4.69, 9.17) is 5.14 Å². The largest absolute Gasteiger partial charge is 0.408 e. The van der Waals surface area contributed by atoms with Crippen molar-refractivity contribution in [2.45, 2.75) is 30.8 Å². The van der Waals surface area contributed by atoms with E-state index in [9.17, 15) is 26.4 Å². The molecule has 1 amide bonds. The molecule has 0 saturated carbocycles. The van der Waals surface area contributed by atoms with Crippen molar-refractivity contribution in [3.05, 3.63) is 0 Å². The van der Waals surface area contributed by atoms with Crippen molar-refractivity contribution < 1.29 is 26.4 Å². The lowest BCUT2D eigenvalue weighted by molar-refractivity contribution is -0.182. The van der Waals surface area contributed by atoms with E-state index in [0.717, 1.165) is 6.92 Å². The van der Waals surface area contributed by atoms with Crippen LogP contribution in [-0.2, 0) is 14.8 Å². The van der Waals surface area contributed by atoms with Crippen LogP contribution in [0.15, 0.2) is 0 Å². The summed E-state index contributed by atoms with van der Waals surface area (Å²) < 4.78 is 58.8. The third-order valence-corrected chi connectivity index (χ3v) is 3.77. The Balaban J connectivity index is 2.84. The average molecular weight is 260 g/mol. The number of alkyl halides is 3. The van der Waals surface area contributed by atoms with Crippen molar-refractivity contribution in [3.63, 3.8) is 0 Å². The standard InChI is InChI=1S/C7H11F3N2O3S/c1-4(7(8,9)10)12-3-5(2-6(12)13)16(11,14)15/h4-5H,2-3H2,1H3,(H2,11,14,15). The van der Waals surface area contributed by atoms with E-state index >= 15 is 0 Å². The van der Waals surface area contributed by atoms with E-state index in [1.165, 1.54) is 0 Å². The number of likely N-dealkylation sites (tertiary alicyclic amines) is 1. The van der Waals surface area contributed by atoms with Gasteiger partial charge in [0.15, 0.2) is 0 Å². The van der Waals surface area contributed by atoms with Gasteiger partial charge in [0, 0.05) is 13.0 Å². The lowest BCUT2D eigenvalue weighted by Gasteiger charge is -2.26. The summed E-state index contributed by atoms with van der Waals surface area (Å²) in [5.74, 6) is -0.844. The van der Waals surface area contributed by atoms with Crippen molar-refractivity contribution in [2.75, 3.05) is 6.54 Å². The van der Waals surface area contributed by atoms with E-state index < -0.39 is 46.4 Å². The van der Waals surface area contributed by atoms with Crippen molar-refractivity contribution in [2.24, 2.45) is 5.14 Å². The van der Waals surface area contributed by atoms with Gasteiger partial charge in [-0.1, -0.05) is 0 Å². The molecule has 1 aliphatic heterocycles. The molecule has 94 valence electrons. The highest BCUT2D eigenvalue weighted by Gasteiger charge is 2.47. The van der Waals surface area contributed by atoms with Crippen LogP contribution in [0.25, 0.3) is 0 Å². The maximum atomic E-state index is 12.3. The predicted molar refractivity (Wildman–Crippen MR) is 48.7 cm³/mol. The number of hydrogen-bond acceptors (Lipinski definition) is 3. The first-order chi connectivity index (χ1) is 7.03. The lowest BCUT2D eigenvalue weighted by Crippen LogP contribution is -2.45. The molecule has 16 heavy (non-hydrogen) atoms. The maximum Gasteiger partial charge on any atom is 0.408 e. The molecule has 1 saturated heterocycles. The van der Waals surface area contributed by atoms with Crippen LogP contribution in [0.3, 0.4) is 0 Å². The SMILES string of the molecule is CC(N1CC(S(N)(=O)=O)CC1=O)C(F)(F)F. The molecule has 1 heterocycles. The molecule has 9 heteroatoms. The minimum Gasteiger partial charge on any atom is -0.329 e. The summed E-state index contributed by atoms with van der Waals surface area (Å²) in [7, 11) is -3.98. The molecule has 2 unspecified atom stereocenters. The maximum absolute atomic E-state index is 12.3. The first-order valence-electron chi connectivity index (χ1n) is 4.41. The minimum atomic E-state index is -4.57. The number of nitrogens with two attached hydrogens (primary N) is 1.